The van der Waals surface area contributed by atoms with Crippen LogP contribution < -0.4 is 0 Å². The van der Waals surface area contributed by atoms with Gasteiger partial charge in [-0.25, -0.2) is 4.79 Å². The van der Waals surface area contributed by atoms with E-state index in [-0.39, 0.29) is 5.56 Å². The molecule has 2 aromatic rings. The van der Waals surface area contributed by atoms with Crippen molar-refractivity contribution in [2.45, 2.75) is 27.3 Å². The molecule has 1 N–H and O–H groups in total. The van der Waals surface area contributed by atoms with Gasteiger partial charge in [0.1, 0.15) is 0 Å². The lowest BCUT2D eigenvalue weighted by Gasteiger charge is -2.08. The summed E-state index contributed by atoms with van der Waals surface area (Å²) >= 11 is 6.00. The van der Waals surface area contributed by atoms with E-state index in [1.807, 2.05) is 25.5 Å². The van der Waals surface area contributed by atoms with Gasteiger partial charge in [0.2, 0.25) is 0 Å². The number of benzene rings is 1. The zero-order valence-electron chi connectivity index (χ0n) is 11.1. The van der Waals surface area contributed by atoms with E-state index in [2.05, 4.69) is 5.10 Å². The van der Waals surface area contributed by atoms with Crippen molar-refractivity contribution in [2.75, 3.05) is 0 Å². The molecule has 100 valence electrons. The number of aromatic carboxylic acids is 1. The Morgan fingerprint density at radius 3 is 2.63 bits per heavy atom. The first-order valence-corrected chi connectivity index (χ1v) is 6.40. The van der Waals surface area contributed by atoms with Crippen molar-refractivity contribution in [2.24, 2.45) is 0 Å². The van der Waals surface area contributed by atoms with Crippen molar-refractivity contribution in [1.29, 1.82) is 0 Å². The second-order valence-corrected chi connectivity index (χ2v) is 4.79. The molecule has 0 fully saturated rings. The van der Waals surface area contributed by atoms with Gasteiger partial charge in [-0.3, -0.25) is 4.68 Å². The average molecular weight is 279 g/mol. The average Bonchev–Trinajstić information content (AvgIpc) is 2.63. The summed E-state index contributed by atoms with van der Waals surface area (Å²) in [7, 11) is 0. The fraction of sp³-hybridized carbons (Fsp3) is 0.286. The number of halogens is 1. The van der Waals surface area contributed by atoms with Crippen molar-refractivity contribution in [1.82, 2.24) is 9.78 Å². The number of carboxylic acids is 1. The summed E-state index contributed by atoms with van der Waals surface area (Å²) in [4.78, 5) is 11.3. The van der Waals surface area contributed by atoms with Crippen molar-refractivity contribution < 1.29 is 9.90 Å². The molecular weight excluding hydrogens is 264 g/mol. The molecule has 0 spiro atoms. The van der Waals surface area contributed by atoms with E-state index < -0.39 is 5.97 Å². The lowest BCUT2D eigenvalue weighted by molar-refractivity contribution is 0.0698. The predicted octanol–water partition coefficient (Wildman–Crippen LogP) is 3.54. The summed E-state index contributed by atoms with van der Waals surface area (Å²) in [6.07, 6.45) is 0. The Morgan fingerprint density at radius 2 is 2.11 bits per heavy atom. The van der Waals surface area contributed by atoms with Crippen LogP contribution in [0.2, 0.25) is 5.02 Å². The van der Waals surface area contributed by atoms with Gasteiger partial charge < -0.3 is 5.11 Å². The normalized spacial score (nSPS) is 10.7. The van der Waals surface area contributed by atoms with Crippen LogP contribution in [0.3, 0.4) is 0 Å². The Hall–Kier alpha value is -1.81. The van der Waals surface area contributed by atoms with E-state index in [0.29, 0.717) is 10.6 Å². The number of aryl methyl sites for hydroxylation is 2. The number of rotatable bonds is 3. The third-order valence-corrected chi connectivity index (χ3v) is 3.40. The molecule has 0 saturated carbocycles. The zero-order valence-corrected chi connectivity index (χ0v) is 11.8. The summed E-state index contributed by atoms with van der Waals surface area (Å²) in [5, 5.41) is 14.2. The summed E-state index contributed by atoms with van der Waals surface area (Å²) in [6, 6.07) is 4.80. The number of hydrogen-bond acceptors (Lipinski definition) is 2. The third-order valence-electron chi connectivity index (χ3n) is 3.16. The van der Waals surface area contributed by atoms with E-state index >= 15 is 0 Å². The van der Waals surface area contributed by atoms with Crippen molar-refractivity contribution in [3.8, 4) is 11.1 Å². The predicted molar refractivity (Wildman–Crippen MR) is 74.8 cm³/mol. The van der Waals surface area contributed by atoms with Crippen LogP contribution in [0.5, 0.6) is 0 Å². The summed E-state index contributed by atoms with van der Waals surface area (Å²) < 4.78 is 1.86. The quantitative estimate of drug-likeness (QED) is 0.934. The molecule has 0 saturated heterocycles. The lowest BCUT2D eigenvalue weighted by Crippen LogP contribution is -2.01. The van der Waals surface area contributed by atoms with Gasteiger partial charge in [0, 0.05) is 28.4 Å². The summed E-state index contributed by atoms with van der Waals surface area (Å²) in [6.45, 7) is 6.56. The number of carbonyl (C=O) groups is 1. The molecule has 1 aromatic heterocycles. The molecule has 0 aliphatic carbocycles. The monoisotopic (exact) mass is 278 g/mol. The first-order chi connectivity index (χ1) is 8.95. The molecule has 2 rings (SSSR count). The maximum atomic E-state index is 11.3. The van der Waals surface area contributed by atoms with Crippen molar-refractivity contribution in [3.05, 3.63) is 40.2 Å². The van der Waals surface area contributed by atoms with Crippen LogP contribution in [-0.2, 0) is 6.54 Å². The molecule has 0 bridgehead atoms. The minimum absolute atomic E-state index is 0.242. The Kier molecular flexibility index (Phi) is 3.62. The minimum Gasteiger partial charge on any atom is -0.478 e. The van der Waals surface area contributed by atoms with Gasteiger partial charge in [0.15, 0.2) is 0 Å². The number of nitrogens with zero attached hydrogens (tertiary/aromatic N) is 2. The minimum atomic E-state index is -0.963. The van der Waals surface area contributed by atoms with Crippen LogP contribution in [-0.4, -0.2) is 20.9 Å². The molecule has 0 amide bonds. The molecule has 1 heterocycles. The van der Waals surface area contributed by atoms with E-state index in [1.54, 1.807) is 12.1 Å². The molecule has 4 nitrogen and oxygen atoms in total. The van der Waals surface area contributed by atoms with Crippen LogP contribution >= 0.6 is 11.6 Å². The van der Waals surface area contributed by atoms with E-state index in [9.17, 15) is 9.90 Å². The van der Waals surface area contributed by atoms with Gasteiger partial charge in [0.05, 0.1) is 11.3 Å². The first kappa shape index (κ1) is 13.6. The summed E-state index contributed by atoms with van der Waals surface area (Å²) in [5.74, 6) is -0.963. The molecule has 5 heteroatoms. The molecule has 0 unspecified atom stereocenters. The fourth-order valence-corrected chi connectivity index (χ4v) is 2.48. The maximum Gasteiger partial charge on any atom is 0.336 e. The highest BCUT2D eigenvalue weighted by molar-refractivity contribution is 6.31. The topological polar surface area (TPSA) is 55.1 Å². The molecule has 1 aromatic carbocycles. The molecule has 0 aliphatic rings. The van der Waals surface area contributed by atoms with Gasteiger partial charge in [-0.1, -0.05) is 11.6 Å². The van der Waals surface area contributed by atoms with Crippen molar-refractivity contribution in [3.63, 3.8) is 0 Å². The van der Waals surface area contributed by atoms with Gasteiger partial charge in [-0.15, -0.1) is 0 Å². The van der Waals surface area contributed by atoms with Gasteiger partial charge >= 0.3 is 5.97 Å². The highest BCUT2D eigenvalue weighted by atomic mass is 35.5. The second-order valence-electron chi connectivity index (χ2n) is 4.36. The fourth-order valence-electron chi connectivity index (χ4n) is 2.30. The molecule has 0 aliphatic heterocycles. The van der Waals surface area contributed by atoms with Gasteiger partial charge in [0.25, 0.3) is 0 Å². The van der Waals surface area contributed by atoms with E-state index in [1.165, 1.54) is 6.07 Å². The Bertz CT molecular complexity index is 647. The van der Waals surface area contributed by atoms with Gasteiger partial charge in [-0.05, 0) is 39.0 Å². The number of carboxylic acid groups (broad SMARTS) is 1. The standard InChI is InChI=1S/C14H15ClN2O2/c1-4-17-9(3)13(8(2)16-17)12-7-10(15)5-6-11(12)14(18)19/h5-7H,4H2,1-3H3,(H,18,19). The Morgan fingerprint density at radius 1 is 1.42 bits per heavy atom. The van der Waals surface area contributed by atoms with Crippen LogP contribution in [0.4, 0.5) is 0 Å². The molecule has 0 radical (unpaired) electrons. The first-order valence-electron chi connectivity index (χ1n) is 6.03. The smallest absolute Gasteiger partial charge is 0.336 e. The van der Waals surface area contributed by atoms with Crippen LogP contribution in [0.1, 0.15) is 28.7 Å². The van der Waals surface area contributed by atoms with E-state index in [4.69, 9.17) is 11.6 Å². The number of hydrogen-bond donors (Lipinski definition) is 1. The Balaban J connectivity index is 2.74. The second kappa shape index (κ2) is 5.05. The SMILES string of the molecule is CCn1nc(C)c(-c2cc(Cl)ccc2C(=O)O)c1C. The highest BCUT2D eigenvalue weighted by Gasteiger charge is 2.19. The number of aromatic nitrogens is 2. The van der Waals surface area contributed by atoms with Gasteiger partial charge in [-0.2, -0.15) is 5.10 Å². The zero-order chi connectivity index (χ0) is 14.2. The third kappa shape index (κ3) is 2.36. The van der Waals surface area contributed by atoms with Crippen LogP contribution in [0.25, 0.3) is 11.1 Å². The van der Waals surface area contributed by atoms with Crippen molar-refractivity contribution >= 4 is 17.6 Å². The largest absolute Gasteiger partial charge is 0.478 e. The molecular formula is C14H15ClN2O2. The van der Waals surface area contributed by atoms with Crippen LogP contribution in [0.15, 0.2) is 18.2 Å². The molecule has 19 heavy (non-hydrogen) atoms. The lowest BCUT2D eigenvalue weighted by atomic mass is 9.98. The summed E-state index contributed by atoms with van der Waals surface area (Å²) in [5.41, 5.74) is 3.47. The van der Waals surface area contributed by atoms with Crippen LogP contribution in [0, 0.1) is 13.8 Å². The molecule has 0 atom stereocenters. The Labute approximate surface area is 116 Å². The maximum absolute atomic E-state index is 11.3. The van der Waals surface area contributed by atoms with E-state index in [0.717, 1.165) is 23.5 Å². The highest BCUT2D eigenvalue weighted by Crippen LogP contribution is 2.32.